The van der Waals surface area contributed by atoms with Crippen LogP contribution in [0.2, 0.25) is 0 Å². The quantitative estimate of drug-likeness (QED) is 0.629. The molecular formula is C18H26NO2+. The lowest BCUT2D eigenvalue weighted by molar-refractivity contribution is -0.928. The number of esters is 1. The molecule has 0 spiro atoms. The van der Waals surface area contributed by atoms with Crippen molar-refractivity contribution in [2.75, 3.05) is 26.7 Å². The van der Waals surface area contributed by atoms with Gasteiger partial charge in [0.2, 0.25) is 0 Å². The van der Waals surface area contributed by atoms with Gasteiger partial charge in [-0.1, -0.05) is 37.3 Å². The molecule has 0 amide bonds. The summed E-state index contributed by atoms with van der Waals surface area (Å²) < 4.78 is 7.02. The van der Waals surface area contributed by atoms with Gasteiger partial charge in [-0.2, -0.15) is 0 Å². The van der Waals surface area contributed by atoms with Crippen molar-refractivity contribution in [1.29, 1.82) is 0 Å². The van der Waals surface area contributed by atoms with Gasteiger partial charge in [-0.15, -0.1) is 0 Å². The molecular weight excluding hydrogens is 262 g/mol. The molecule has 3 aliphatic heterocycles. The van der Waals surface area contributed by atoms with Gasteiger partial charge in [0.25, 0.3) is 0 Å². The second-order valence-corrected chi connectivity index (χ2v) is 6.93. The van der Waals surface area contributed by atoms with Crippen LogP contribution in [0.15, 0.2) is 30.3 Å². The highest BCUT2D eigenvalue weighted by atomic mass is 16.5. The Morgan fingerprint density at radius 2 is 1.95 bits per heavy atom. The van der Waals surface area contributed by atoms with E-state index in [0.29, 0.717) is 5.92 Å². The van der Waals surface area contributed by atoms with Gasteiger partial charge in [0.05, 0.1) is 26.1 Å². The van der Waals surface area contributed by atoms with Crippen LogP contribution in [0.4, 0.5) is 0 Å². The Morgan fingerprint density at radius 3 is 2.52 bits per heavy atom. The summed E-state index contributed by atoms with van der Waals surface area (Å²) in [5.74, 6) is 0.434. The van der Waals surface area contributed by atoms with Crippen molar-refractivity contribution < 1.29 is 14.0 Å². The molecule has 3 nitrogen and oxygen atoms in total. The summed E-state index contributed by atoms with van der Waals surface area (Å²) in [6.07, 6.45) is 3.34. The Morgan fingerprint density at radius 1 is 1.29 bits per heavy atom. The smallest absolute Gasteiger partial charge is 0.313 e. The van der Waals surface area contributed by atoms with E-state index >= 15 is 0 Å². The molecule has 0 aliphatic carbocycles. The zero-order chi connectivity index (χ0) is 14.9. The first-order valence-electron chi connectivity index (χ1n) is 8.20. The average molecular weight is 288 g/mol. The molecule has 1 aromatic carbocycles. The Bertz CT molecular complexity index is 491. The first kappa shape index (κ1) is 14.6. The van der Waals surface area contributed by atoms with Crippen molar-refractivity contribution in [3.8, 4) is 0 Å². The molecule has 3 saturated heterocycles. The average Bonchev–Trinajstić information content (AvgIpc) is 2.49. The van der Waals surface area contributed by atoms with E-state index in [4.69, 9.17) is 4.74 Å². The number of ether oxygens (including phenoxy) is 1. The molecule has 114 valence electrons. The van der Waals surface area contributed by atoms with Crippen molar-refractivity contribution in [2.45, 2.75) is 38.2 Å². The molecule has 0 saturated carbocycles. The van der Waals surface area contributed by atoms with E-state index in [1.54, 1.807) is 0 Å². The van der Waals surface area contributed by atoms with E-state index in [2.05, 4.69) is 14.0 Å². The first-order valence-corrected chi connectivity index (χ1v) is 8.20. The first-order chi connectivity index (χ1) is 10.1. The van der Waals surface area contributed by atoms with Gasteiger partial charge < -0.3 is 9.22 Å². The van der Waals surface area contributed by atoms with Crippen molar-refractivity contribution in [2.24, 2.45) is 5.92 Å². The van der Waals surface area contributed by atoms with Gasteiger partial charge in [0.1, 0.15) is 6.54 Å². The summed E-state index contributed by atoms with van der Waals surface area (Å²) >= 11 is 0. The Labute approximate surface area is 127 Å². The van der Waals surface area contributed by atoms with Crippen molar-refractivity contribution >= 4 is 5.97 Å². The van der Waals surface area contributed by atoms with E-state index < -0.39 is 0 Å². The normalized spacial score (nSPS) is 32.7. The van der Waals surface area contributed by atoms with E-state index in [-0.39, 0.29) is 18.0 Å². The number of benzene rings is 1. The van der Waals surface area contributed by atoms with Crippen molar-refractivity contribution in [3.05, 3.63) is 35.9 Å². The minimum atomic E-state index is -0.119. The second-order valence-electron chi connectivity index (χ2n) is 6.93. The van der Waals surface area contributed by atoms with Crippen LogP contribution in [-0.4, -0.2) is 43.2 Å². The lowest BCUT2D eigenvalue weighted by Crippen LogP contribution is -2.62. The summed E-state index contributed by atoms with van der Waals surface area (Å²) in [5.41, 5.74) is 1.08. The van der Waals surface area contributed by atoms with Gasteiger partial charge in [0, 0.05) is 18.8 Å². The van der Waals surface area contributed by atoms with E-state index in [9.17, 15) is 4.79 Å². The fraction of sp³-hybridized carbons (Fsp3) is 0.611. The standard InChI is InChI=1S/C18H26NO2/c1-3-16(14-7-5-4-6-8-14)18(20)21-17-13-19(2)11-9-15(17)10-12-19/h4-8,15-17H,3,9-13H2,1-2H3/q+1/t15?,16-,17+,19?/m1/s1. The zero-order valence-corrected chi connectivity index (χ0v) is 13.1. The van der Waals surface area contributed by atoms with Crippen LogP contribution in [-0.2, 0) is 9.53 Å². The maximum absolute atomic E-state index is 12.6. The topological polar surface area (TPSA) is 26.3 Å². The maximum Gasteiger partial charge on any atom is 0.313 e. The Balaban J connectivity index is 1.68. The van der Waals surface area contributed by atoms with Gasteiger partial charge in [-0.25, -0.2) is 0 Å². The Kier molecular flexibility index (Phi) is 4.03. The third-order valence-corrected chi connectivity index (χ3v) is 5.39. The summed E-state index contributed by atoms with van der Waals surface area (Å²) in [4.78, 5) is 12.6. The van der Waals surface area contributed by atoms with E-state index in [0.717, 1.165) is 23.0 Å². The van der Waals surface area contributed by atoms with Crippen LogP contribution >= 0.6 is 0 Å². The molecule has 2 bridgehead atoms. The molecule has 3 heterocycles. The fourth-order valence-corrected chi connectivity index (χ4v) is 3.94. The third kappa shape index (κ3) is 2.98. The highest BCUT2D eigenvalue weighted by Gasteiger charge is 2.45. The highest BCUT2D eigenvalue weighted by Crippen LogP contribution is 2.35. The minimum absolute atomic E-state index is 0.0333. The van der Waals surface area contributed by atoms with E-state index in [1.807, 2.05) is 30.3 Å². The number of nitrogens with zero attached hydrogens (tertiary/aromatic N) is 1. The largest absolute Gasteiger partial charge is 0.456 e. The molecule has 1 aromatic rings. The van der Waals surface area contributed by atoms with Crippen LogP contribution in [0, 0.1) is 5.92 Å². The number of quaternary nitrogens is 1. The number of hydrogen-bond acceptors (Lipinski definition) is 2. The molecule has 3 heteroatoms. The molecule has 4 rings (SSSR count). The molecule has 21 heavy (non-hydrogen) atoms. The number of fused-ring (bicyclic) bond motifs is 3. The molecule has 0 unspecified atom stereocenters. The number of carbonyl (C=O) groups is 1. The number of hydrogen-bond donors (Lipinski definition) is 0. The van der Waals surface area contributed by atoms with Gasteiger partial charge in [0.15, 0.2) is 6.10 Å². The fourth-order valence-electron chi connectivity index (χ4n) is 3.94. The lowest BCUT2D eigenvalue weighted by Gasteiger charge is -2.49. The summed E-state index contributed by atoms with van der Waals surface area (Å²) in [7, 11) is 2.30. The van der Waals surface area contributed by atoms with Gasteiger partial charge in [-0.3, -0.25) is 4.79 Å². The second kappa shape index (κ2) is 5.80. The molecule has 0 radical (unpaired) electrons. The van der Waals surface area contributed by atoms with Crippen LogP contribution in [0.1, 0.15) is 37.7 Å². The van der Waals surface area contributed by atoms with Gasteiger partial charge in [-0.05, 0) is 12.0 Å². The molecule has 3 aliphatic rings. The molecule has 3 fully saturated rings. The van der Waals surface area contributed by atoms with Gasteiger partial charge >= 0.3 is 5.97 Å². The third-order valence-electron chi connectivity index (χ3n) is 5.39. The summed E-state index contributed by atoms with van der Waals surface area (Å²) in [6.45, 7) is 5.55. The number of likely N-dealkylation sites (N-methyl/N-ethyl adjacent to an activating group) is 1. The number of piperidine rings is 3. The molecule has 2 atom stereocenters. The maximum atomic E-state index is 12.6. The Hall–Kier alpha value is -1.35. The highest BCUT2D eigenvalue weighted by molar-refractivity contribution is 5.78. The number of rotatable bonds is 4. The monoisotopic (exact) mass is 288 g/mol. The molecule has 0 aromatic heterocycles. The SMILES string of the molecule is CC[C@@H](C(=O)O[C@H]1C[N+]2(C)CCC1CC2)c1ccccc1. The lowest BCUT2D eigenvalue weighted by atomic mass is 9.83. The number of carbonyl (C=O) groups excluding carboxylic acids is 1. The zero-order valence-electron chi connectivity index (χ0n) is 13.1. The van der Waals surface area contributed by atoms with Crippen molar-refractivity contribution in [1.82, 2.24) is 0 Å². The summed E-state index contributed by atoms with van der Waals surface area (Å²) in [5, 5.41) is 0. The minimum Gasteiger partial charge on any atom is -0.456 e. The molecule has 0 N–H and O–H groups in total. The van der Waals surface area contributed by atoms with Crippen LogP contribution in [0.5, 0.6) is 0 Å². The predicted octanol–water partition coefficient (Wildman–Crippen LogP) is 2.96. The predicted molar refractivity (Wildman–Crippen MR) is 82.9 cm³/mol. The summed E-state index contributed by atoms with van der Waals surface area (Å²) in [6, 6.07) is 10.0. The van der Waals surface area contributed by atoms with Crippen LogP contribution < -0.4 is 0 Å². The van der Waals surface area contributed by atoms with E-state index in [1.165, 1.54) is 25.9 Å². The van der Waals surface area contributed by atoms with Crippen LogP contribution in [0.25, 0.3) is 0 Å². The van der Waals surface area contributed by atoms with Crippen molar-refractivity contribution in [3.63, 3.8) is 0 Å². The van der Waals surface area contributed by atoms with Crippen LogP contribution in [0.3, 0.4) is 0 Å².